The minimum absolute atomic E-state index is 0.123. The predicted octanol–water partition coefficient (Wildman–Crippen LogP) is 3.07. The maximum Gasteiger partial charge on any atom is 0.344 e. The lowest BCUT2D eigenvalue weighted by Crippen LogP contribution is -2.40. The van der Waals surface area contributed by atoms with Crippen molar-refractivity contribution in [1.29, 1.82) is 5.41 Å². The number of ketones is 1. The lowest BCUT2D eigenvalue weighted by atomic mass is 9.92. The first-order valence-corrected chi connectivity index (χ1v) is 8.86. The largest absolute Gasteiger partial charge is 0.454 e. The monoisotopic (exact) mass is 415 g/mol. The molecule has 1 fully saturated rings. The number of esters is 1. The molecule has 0 bridgehead atoms. The van der Waals surface area contributed by atoms with Crippen LogP contribution in [0.15, 0.2) is 29.6 Å². The van der Waals surface area contributed by atoms with Crippen molar-refractivity contribution in [1.82, 2.24) is 5.32 Å². The summed E-state index contributed by atoms with van der Waals surface area (Å²) in [6, 6.07) is 2.45. The number of ether oxygens (including phenoxy) is 1. The van der Waals surface area contributed by atoms with Crippen molar-refractivity contribution in [2.45, 2.75) is 44.6 Å². The molecule has 1 aromatic rings. The van der Waals surface area contributed by atoms with Crippen LogP contribution in [0.2, 0.25) is 0 Å². The maximum atomic E-state index is 13.6. The van der Waals surface area contributed by atoms with Gasteiger partial charge in [0, 0.05) is 24.6 Å². The molecule has 0 heterocycles. The number of Topliss-reactive ketones (excluding diaryl/α,β-unsaturated/α-hetero) is 1. The van der Waals surface area contributed by atoms with Gasteiger partial charge in [0.2, 0.25) is 11.7 Å². The number of carbonyl (C=O) groups excluding carboxylic acids is 2. The first-order valence-electron chi connectivity index (χ1n) is 8.86. The number of rotatable bonds is 7. The van der Waals surface area contributed by atoms with Crippen molar-refractivity contribution in [2.24, 2.45) is 5.73 Å². The van der Waals surface area contributed by atoms with E-state index < -0.39 is 47.5 Å². The molecule has 158 valence electrons. The van der Waals surface area contributed by atoms with Gasteiger partial charge in [-0.05, 0) is 31.9 Å². The van der Waals surface area contributed by atoms with Gasteiger partial charge in [0.05, 0.1) is 5.56 Å². The molecule has 10 heteroatoms. The van der Waals surface area contributed by atoms with Crippen molar-refractivity contribution < 1.29 is 31.9 Å². The molecule has 0 aliphatic heterocycles. The maximum absolute atomic E-state index is 13.6. The highest BCUT2D eigenvalue weighted by Gasteiger charge is 2.35. The number of nitrogens with one attached hydrogen (secondary N) is 2. The number of benzene rings is 1. The van der Waals surface area contributed by atoms with Gasteiger partial charge in [-0.2, -0.15) is 0 Å². The van der Waals surface area contributed by atoms with Crippen LogP contribution >= 0.6 is 0 Å². The minimum Gasteiger partial charge on any atom is -0.454 e. The van der Waals surface area contributed by atoms with Gasteiger partial charge in [0.25, 0.3) is 0 Å². The van der Waals surface area contributed by atoms with Gasteiger partial charge in [-0.1, -0.05) is 6.07 Å². The Labute approximate surface area is 164 Å². The van der Waals surface area contributed by atoms with Gasteiger partial charge >= 0.3 is 5.97 Å². The summed E-state index contributed by atoms with van der Waals surface area (Å²) in [5.74, 6) is -7.42. The van der Waals surface area contributed by atoms with Gasteiger partial charge in [-0.3, -0.25) is 4.79 Å². The summed E-state index contributed by atoms with van der Waals surface area (Å²) >= 11 is 0. The molecule has 1 aromatic carbocycles. The third kappa shape index (κ3) is 5.78. The predicted molar refractivity (Wildman–Crippen MR) is 96.6 cm³/mol. The molecule has 0 amide bonds. The van der Waals surface area contributed by atoms with E-state index in [4.69, 9.17) is 15.9 Å². The van der Waals surface area contributed by atoms with Crippen molar-refractivity contribution in [3.8, 4) is 0 Å². The standard InChI is InChI=1S/C19H21F4N3O3/c1-10(24)15(17(25)26-11-5-7-19(22,23)8-6-11)18(28)29-9-14(27)16-12(20)3-2-4-13(16)21/h2-4,11,24,26H,5-9,25H2,1H3/b17-15+,24-10?. The number of alkyl halides is 2. The molecule has 4 N–H and O–H groups in total. The fraction of sp³-hybridized carbons (Fsp3) is 0.421. The van der Waals surface area contributed by atoms with Gasteiger partial charge in [-0.15, -0.1) is 0 Å². The molecular weight excluding hydrogens is 394 g/mol. The van der Waals surface area contributed by atoms with Gasteiger partial charge in [-0.25, -0.2) is 22.4 Å². The molecule has 1 aliphatic carbocycles. The van der Waals surface area contributed by atoms with Gasteiger partial charge in [0.15, 0.2) is 6.61 Å². The minimum atomic E-state index is -2.74. The molecule has 6 nitrogen and oxygen atoms in total. The molecule has 2 rings (SSSR count). The van der Waals surface area contributed by atoms with Crippen LogP contribution in [-0.4, -0.2) is 36.0 Å². The van der Waals surface area contributed by atoms with Crippen LogP contribution in [0.1, 0.15) is 43.0 Å². The molecule has 0 spiro atoms. The second-order valence-corrected chi connectivity index (χ2v) is 6.78. The Morgan fingerprint density at radius 1 is 1.24 bits per heavy atom. The molecule has 1 aliphatic rings. The molecular formula is C19H21F4N3O3. The summed E-state index contributed by atoms with van der Waals surface area (Å²) in [4.78, 5) is 24.3. The third-order valence-corrected chi connectivity index (χ3v) is 4.50. The quantitative estimate of drug-likeness (QED) is 0.209. The average Bonchev–Trinajstić information content (AvgIpc) is 2.61. The number of hydrogen-bond donors (Lipinski definition) is 3. The lowest BCUT2D eigenvalue weighted by Gasteiger charge is -2.29. The van der Waals surface area contributed by atoms with E-state index in [1.807, 2.05) is 0 Å². The van der Waals surface area contributed by atoms with E-state index in [0.717, 1.165) is 18.2 Å². The zero-order valence-corrected chi connectivity index (χ0v) is 15.7. The molecule has 0 radical (unpaired) electrons. The van der Waals surface area contributed by atoms with Crippen LogP contribution in [0.4, 0.5) is 17.6 Å². The summed E-state index contributed by atoms with van der Waals surface area (Å²) in [7, 11) is 0. The SMILES string of the molecule is CC(=N)/C(C(=O)OCC(=O)c1c(F)cccc1F)=C(/N)NC1CCC(F)(F)CC1. The van der Waals surface area contributed by atoms with Crippen LogP contribution in [0.5, 0.6) is 0 Å². The number of carbonyl (C=O) groups is 2. The number of nitrogens with two attached hydrogens (primary N) is 1. The van der Waals surface area contributed by atoms with Gasteiger partial charge < -0.3 is 21.2 Å². The molecule has 1 saturated carbocycles. The average molecular weight is 415 g/mol. The van der Waals surface area contributed by atoms with Crippen molar-refractivity contribution in [3.63, 3.8) is 0 Å². The summed E-state index contributed by atoms with van der Waals surface area (Å²) in [5.41, 5.74) is 4.31. The highest BCUT2D eigenvalue weighted by molar-refractivity contribution is 6.18. The smallest absolute Gasteiger partial charge is 0.344 e. The van der Waals surface area contributed by atoms with E-state index >= 15 is 0 Å². The number of halogens is 4. The summed E-state index contributed by atoms with van der Waals surface area (Å²) in [5, 5.41) is 10.4. The van der Waals surface area contributed by atoms with E-state index in [9.17, 15) is 27.2 Å². The van der Waals surface area contributed by atoms with Crippen LogP contribution in [0.25, 0.3) is 0 Å². The lowest BCUT2D eigenvalue weighted by molar-refractivity contribution is -0.137. The fourth-order valence-corrected chi connectivity index (χ4v) is 2.98. The Kier molecular flexibility index (Phi) is 6.99. The van der Waals surface area contributed by atoms with Crippen molar-refractivity contribution >= 4 is 17.5 Å². The molecule has 29 heavy (non-hydrogen) atoms. The Morgan fingerprint density at radius 3 is 2.31 bits per heavy atom. The topological polar surface area (TPSA) is 105 Å². The first-order chi connectivity index (χ1) is 13.5. The zero-order chi connectivity index (χ0) is 21.8. The van der Waals surface area contributed by atoms with E-state index in [2.05, 4.69) is 5.32 Å². The normalized spacial score (nSPS) is 17.3. The van der Waals surface area contributed by atoms with E-state index in [-0.39, 0.29) is 42.8 Å². The van der Waals surface area contributed by atoms with E-state index in [1.165, 1.54) is 6.92 Å². The molecule has 0 atom stereocenters. The fourth-order valence-electron chi connectivity index (χ4n) is 2.98. The Hall–Kier alpha value is -2.91. The first kappa shape index (κ1) is 22.4. The highest BCUT2D eigenvalue weighted by Crippen LogP contribution is 2.33. The third-order valence-electron chi connectivity index (χ3n) is 4.50. The Balaban J connectivity index is 2.06. The van der Waals surface area contributed by atoms with Crippen molar-refractivity contribution in [2.75, 3.05) is 6.61 Å². The highest BCUT2D eigenvalue weighted by atomic mass is 19.3. The number of hydrogen-bond acceptors (Lipinski definition) is 6. The Morgan fingerprint density at radius 2 is 1.79 bits per heavy atom. The second kappa shape index (κ2) is 9.06. The van der Waals surface area contributed by atoms with Gasteiger partial charge in [0.1, 0.15) is 23.0 Å². The van der Waals surface area contributed by atoms with Crippen molar-refractivity contribution in [3.05, 3.63) is 46.8 Å². The van der Waals surface area contributed by atoms with E-state index in [1.54, 1.807) is 0 Å². The molecule has 0 saturated heterocycles. The summed E-state index contributed by atoms with van der Waals surface area (Å²) in [6.45, 7) is 0.287. The summed E-state index contributed by atoms with van der Waals surface area (Å²) in [6.07, 6.45) is -0.412. The summed E-state index contributed by atoms with van der Waals surface area (Å²) < 4.78 is 58.5. The Bertz CT molecular complexity index is 825. The van der Waals surface area contributed by atoms with Crippen LogP contribution < -0.4 is 11.1 Å². The van der Waals surface area contributed by atoms with E-state index in [0.29, 0.717) is 0 Å². The zero-order valence-electron chi connectivity index (χ0n) is 15.7. The van der Waals surface area contributed by atoms with Crippen LogP contribution in [0.3, 0.4) is 0 Å². The van der Waals surface area contributed by atoms with Crippen LogP contribution in [0, 0.1) is 17.0 Å². The second-order valence-electron chi connectivity index (χ2n) is 6.78. The van der Waals surface area contributed by atoms with Crippen LogP contribution in [-0.2, 0) is 9.53 Å². The molecule has 0 aromatic heterocycles. The molecule has 0 unspecified atom stereocenters.